The fourth-order valence-electron chi connectivity index (χ4n) is 3.40. The number of anilines is 1. The third-order valence-corrected chi connectivity index (χ3v) is 7.55. The van der Waals surface area contributed by atoms with Gasteiger partial charge in [0.1, 0.15) is 4.83 Å². The molecule has 2 heterocycles. The molecule has 0 spiro atoms. The van der Waals surface area contributed by atoms with E-state index in [9.17, 15) is 14.4 Å². The number of carbonyl (C=O) groups excluding carboxylic acids is 2. The van der Waals surface area contributed by atoms with Gasteiger partial charge < -0.3 is 5.32 Å². The van der Waals surface area contributed by atoms with Gasteiger partial charge >= 0.3 is 0 Å². The van der Waals surface area contributed by atoms with E-state index in [1.165, 1.54) is 30.0 Å². The SMILES string of the molecule is CC(=O)c1ccc(NC(=O)[C@@H](C)Sc2nc3sc(C)c(C)c3c(=O)n2-c2ccccc2)cc1. The number of aryl methyl sites for hydroxylation is 2. The number of nitrogens with one attached hydrogen (secondary N) is 1. The molecule has 8 heteroatoms. The van der Waals surface area contributed by atoms with E-state index in [0.717, 1.165) is 10.4 Å². The highest BCUT2D eigenvalue weighted by Crippen LogP contribution is 2.31. The van der Waals surface area contributed by atoms with Crippen molar-refractivity contribution < 1.29 is 9.59 Å². The minimum absolute atomic E-state index is 0.0313. The molecule has 6 nitrogen and oxygen atoms in total. The van der Waals surface area contributed by atoms with Crippen LogP contribution in [0, 0.1) is 13.8 Å². The summed E-state index contributed by atoms with van der Waals surface area (Å²) in [5, 5.41) is 3.44. The third kappa shape index (κ3) is 4.62. The summed E-state index contributed by atoms with van der Waals surface area (Å²) in [6.07, 6.45) is 0. The molecule has 0 aliphatic rings. The lowest BCUT2D eigenvalue weighted by atomic mass is 10.1. The molecule has 0 saturated carbocycles. The zero-order valence-corrected chi connectivity index (χ0v) is 20.3. The molecule has 168 valence electrons. The number of thioether (sulfide) groups is 1. The van der Waals surface area contributed by atoms with Crippen LogP contribution < -0.4 is 10.9 Å². The van der Waals surface area contributed by atoms with Crippen LogP contribution in [0.25, 0.3) is 15.9 Å². The van der Waals surface area contributed by atoms with E-state index in [4.69, 9.17) is 4.98 Å². The average molecular weight is 478 g/mol. The Morgan fingerprint density at radius 1 is 1.06 bits per heavy atom. The van der Waals surface area contributed by atoms with Gasteiger partial charge in [-0.2, -0.15) is 0 Å². The lowest BCUT2D eigenvalue weighted by molar-refractivity contribution is -0.115. The minimum Gasteiger partial charge on any atom is -0.325 e. The number of hydrogen-bond acceptors (Lipinski definition) is 6. The second-order valence-electron chi connectivity index (χ2n) is 7.72. The standard InChI is InChI=1S/C25H23N3O3S2/c1-14-16(3)32-23-21(14)24(31)28(20-8-6-5-7-9-20)25(27-23)33-17(4)22(30)26-19-12-10-18(11-13-19)15(2)29/h5-13,17H,1-4H3,(H,26,30)/t17-/m1/s1. The summed E-state index contributed by atoms with van der Waals surface area (Å²) in [4.78, 5) is 44.3. The Morgan fingerprint density at radius 2 is 1.73 bits per heavy atom. The molecule has 1 amide bonds. The number of rotatable bonds is 6. The number of amides is 1. The van der Waals surface area contributed by atoms with Gasteiger partial charge in [0.15, 0.2) is 10.9 Å². The summed E-state index contributed by atoms with van der Waals surface area (Å²) in [6, 6.07) is 16.1. The molecule has 33 heavy (non-hydrogen) atoms. The number of fused-ring (bicyclic) bond motifs is 1. The molecule has 2 aromatic heterocycles. The summed E-state index contributed by atoms with van der Waals surface area (Å²) in [5.41, 5.74) is 2.69. The zero-order chi connectivity index (χ0) is 23.7. The van der Waals surface area contributed by atoms with Crippen molar-refractivity contribution in [2.24, 2.45) is 0 Å². The van der Waals surface area contributed by atoms with Crippen LogP contribution in [0.1, 0.15) is 34.6 Å². The van der Waals surface area contributed by atoms with Crippen molar-refractivity contribution in [2.45, 2.75) is 38.1 Å². The molecule has 2 aromatic carbocycles. The number of ketones is 1. The van der Waals surface area contributed by atoms with E-state index in [2.05, 4.69) is 5.32 Å². The average Bonchev–Trinajstić information content (AvgIpc) is 3.08. The minimum atomic E-state index is -0.515. The first-order chi connectivity index (χ1) is 15.8. The first-order valence-corrected chi connectivity index (χ1v) is 12.1. The van der Waals surface area contributed by atoms with Crippen molar-refractivity contribution in [2.75, 3.05) is 5.32 Å². The zero-order valence-electron chi connectivity index (χ0n) is 18.7. The second kappa shape index (κ2) is 9.33. The molecule has 0 bridgehead atoms. The number of hydrogen-bond donors (Lipinski definition) is 1. The van der Waals surface area contributed by atoms with Crippen molar-refractivity contribution in [1.29, 1.82) is 0 Å². The molecule has 0 aliphatic carbocycles. The molecule has 1 atom stereocenters. The number of nitrogens with zero attached hydrogens (tertiary/aromatic N) is 2. The number of Topliss-reactive ketones (excluding diaryl/α,β-unsaturated/α-hetero) is 1. The normalized spacial score (nSPS) is 12.0. The molecular weight excluding hydrogens is 454 g/mol. The van der Waals surface area contributed by atoms with Crippen LogP contribution in [-0.4, -0.2) is 26.5 Å². The van der Waals surface area contributed by atoms with Crippen LogP contribution in [0.3, 0.4) is 0 Å². The Morgan fingerprint density at radius 3 is 2.36 bits per heavy atom. The van der Waals surface area contributed by atoms with E-state index in [-0.39, 0.29) is 17.2 Å². The van der Waals surface area contributed by atoms with Crippen LogP contribution in [0.5, 0.6) is 0 Å². The van der Waals surface area contributed by atoms with Crippen molar-refractivity contribution >= 4 is 50.7 Å². The van der Waals surface area contributed by atoms with Gasteiger partial charge in [0, 0.05) is 16.1 Å². The van der Waals surface area contributed by atoms with E-state index >= 15 is 0 Å². The monoisotopic (exact) mass is 477 g/mol. The predicted molar refractivity (Wildman–Crippen MR) is 135 cm³/mol. The third-order valence-electron chi connectivity index (χ3n) is 5.40. The van der Waals surface area contributed by atoms with Crippen molar-refractivity contribution in [3.05, 3.63) is 81.0 Å². The van der Waals surface area contributed by atoms with Gasteiger partial charge in [-0.1, -0.05) is 30.0 Å². The Kier molecular flexibility index (Phi) is 6.49. The molecule has 0 aliphatic heterocycles. The molecule has 0 fully saturated rings. The number of thiophene rings is 1. The number of carbonyl (C=O) groups is 2. The molecule has 0 unspecified atom stereocenters. The van der Waals surface area contributed by atoms with Crippen LogP contribution in [-0.2, 0) is 4.79 Å². The highest BCUT2D eigenvalue weighted by molar-refractivity contribution is 8.00. The molecular formula is C25H23N3O3S2. The number of aromatic nitrogens is 2. The smallest absolute Gasteiger partial charge is 0.267 e. The number of benzene rings is 2. The van der Waals surface area contributed by atoms with Crippen LogP contribution >= 0.6 is 23.1 Å². The van der Waals surface area contributed by atoms with Gasteiger partial charge in [-0.05, 0) is 69.7 Å². The van der Waals surface area contributed by atoms with Gasteiger partial charge in [-0.15, -0.1) is 11.3 Å². The molecule has 0 radical (unpaired) electrons. The maximum absolute atomic E-state index is 13.5. The first-order valence-electron chi connectivity index (χ1n) is 10.4. The molecule has 4 aromatic rings. The highest BCUT2D eigenvalue weighted by atomic mass is 32.2. The fourth-order valence-corrected chi connectivity index (χ4v) is 5.40. The largest absolute Gasteiger partial charge is 0.325 e. The van der Waals surface area contributed by atoms with Crippen molar-refractivity contribution in [3.8, 4) is 5.69 Å². The van der Waals surface area contributed by atoms with E-state index in [1.807, 2.05) is 44.2 Å². The lowest BCUT2D eigenvalue weighted by Gasteiger charge is -2.16. The summed E-state index contributed by atoms with van der Waals surface area (Å²) in [6.45, 7) is 7.20. The van der Waals surface area contributed by atoms with Crippen LogP contribution in [0.15, 0.2) is 64.5 Å². The summed E-state index contributed by atoms with van der Waals surface area (Å²) in [5.74, 6) is -0.251. The van der Waals surface area contributed by atoms with E-state index in [1.54, 1.807) is 35.8 Å². The fraction of sp³-hybridized carbons (Fsp3) is 0.200. The van der Waals surface area contributed by atoms with E-state index in [0.29, 0.717) is 32.3 Å². The topological polar surface area (TPSA) is 81.1 Å². The van der Waals surface area contributed by atoms with Gasteiger partial charge in [-0.3, -0.25) is 19.0 Å². The van der Waals surface area contributed by atoms with Gasteiger partial charge in [0.05, 0.1) is 16.3 Å². The van der Waals surface area contributed by atoms with Crippen molar-refractivity contribution in [1.82, 2.24) is 9.55 Å². The Labute approximate surface area is 199 Å². The predicted octanol–water partition coefficient (Wildman–Crippen LogP) is 5.39. The Balaban J connectivity index is 1.68. The molecule has 1 N–H and O–H groups in total. The van der Waals surface area contributed by atoms with E-state index < -0.39 is 5.25 Å². The Bertz CT molecular complexity index is 1410. The maximum Gasteiger partial charge on any atom is 0.267 e. The maximum atomic E-state index is 13.5. The summed E-state index contributed by atoms with van der Waals surface area (Å²) in [7, 11) is 0. The van der Waals surface area contributed by atoms with Crippen LogP contribution in [0.2, 0.25) is 0 Å². The summed E-state index contributed by atoms with van der Waals surface area (Å²) < 4.78 is 1.58. The van der Waals surface area contributed by atoms with Gasteiger partial charge in [-0.25, -0.2) is 4.98 Å². The second-order valence-corrected chi connectivity index (χ2v) is 10.2. The first kappa shape index (κ1) is 22.9. The lowest BCUT2D eigenvalue weighted by Crippen LogP contribution is -2.26. The molecule has 4 rings (SSSR count). The molecule has 0 saturated heterocycles. The van der Waals surface area contributed by atoms with Gasteiger partial charge in [0.2, 0.25) is 5.91 Å². The summed E-state index contributed by atoms with van der Waals surface area (Å²) >= 11 is 2.72. The highest BCUT2D eigenvalue weighted by Gasteiger charge is 2.22. The quantitative estimate of drug-likeness (QED) is 0.229. The number of para-hydroxylation sites is 1. The van der Waals surface area contributed by atoms with Crippen molar-refractivity contribution in [3.63, 3.8) is 0 Å². The Hall–Kier alpha value is -3.23. The van der Waals surface area contributed by atoms with Gasteiger partial charge in [0.25, 0.3) is 5.56 Å². The van der Waals surface area contributed by atoms with Crippen LogP contribution in [0.4, 0.5) is 5.69 Å².